The number of aliphatic imine (C=N–C) groups is 1. The molecule has 0 bridgehead atoms. The molecule has 1 amide bonds. The Morgan fingerprint density at radius 1 is 0.919 bits per heavy atom. The molecule has 0 radical (unpaired) electrons. The first-order valence-electron chi connectivity index (χ1n) is 12.9. The highest BCUT2D eigenvalue weighted by Gasteiger charge is 2.17. The number of benzene rings is 3. The van der Waals surface area contributed by atoms with E-state index in [1.165, 1.54) is 12.8 Å². The van der Waals surface area contributed by atoms with E-state index < -0.39 is 6.04 Å². The normalized spacial score (nSPS) is 14.5. The molecule has 190 valence electrons. The van der Waals surface area contributed by atoms with Crippen LogP contribution in [0.5, 0.6) is 0 Å². The van der Waals surface area contributed by atoms with E-state index in [1.807, 2.05) is 79.0 Å². The van der Waals surface area contributed by atoms with Gasteiger partial charge in [-0.15, -0.1) is 0 Å². The summed E-state index contributed by atoms with van der Waals surface area (Å²) in [6.45, 7) is 3.99. The zero-order valence-electron chi connectivity index (χ0n) is 21.1. The Kier molecular flexibility index (Phi) is 9.68. The predicted octanol–water partition coefficient (Wildman–Crippen LogP) is 4.93. The minimum absolute atomic E-state index is 0.0532. The van der Waals surface area contributed by atoms with E-state index in [2.05, 4.69) is 33.0 Å². The monoisotopic (exact) mass is 494 g/mol. The third-order valence-electron chi connectivity index (χ3n) is 6.45. The number of carbonyl (C=O) groups excluding carboxylic acids is 1. The number of guanidine groups is 1. The van der Waals surface area contributed by atoms with Gasteiger partial charge in [0.15, 0.2) is 6.19 Å². The number of hydrogen-bond acceptors (Lipinski definition) is 4. The molecular weight excluding hydrogens is 460 g/mol. The van der Waals surface area contributed by atoms with Crippen molar-refractivity contribution in [3.05, 3.63) is 90.5 Å². The van der Waals surface area contributed by atoms with E-state index in [-0.39, 0.29) is 12.3 Å². The summed E-state index contributed by atoms with van der Waals surface area (Å²) in [5.74, 6) is 0.244. The van der Waals surface area contributed by atoms with Crippen molar-refractivity contribution in [3.63, 3.8) is 0 Å². The summed E-state index contributed by atoms with van der Waals surface area (Å²) in [5.41, 5.74) is 3.93. The fourth-order valence-corrected chi connectivity index (χ4v) is 4.52. The Morgan fingerprint density at radius 3 is 2.24 bits per heavy atom. The van der Waals surface area contributed by atoms with Crippen LogP contribution in [0.3, 0.4) is 0 Å². The van der Waals surface area contributed by atoms with E-state index in [0.29, 0.717) is 12.5 Å². The maximum atomic E-state index is 12.8. The molecule has 1 atom stereocenters. The molecule has 0 unspecified atom stereocenters. The van der Waals surface area contributed by atoms with Gasteiger partial charge in [-0.3, -0.25) is 10.1 Å². The van der Waals surface area contributed by atoms with Gasteiger partial charge in [0.05, 0.1) is 12.5 Å². The number of nitrogens with zero attached hydrogens (tertiary/aromatic N) is 3. The molecule has 0 aliphatic carbocycles. The Labute approximate surface area is 219 Å². The van der Waals surface area contributed by atoms with Gasteiger partial charge in [0.25, 0.3) is 0 Å². The summed E-state index contributed by atoms with van der Waals surface area (Å²) < 4.78 is 0. The third kappa shape index (κ3) is 8.19. The highest BCUT2D eigenvalue weighted by molar-refractivity contribution is 5.95. The van der Waals surface area contributed by atoms with Crippen LogP contribution in [0.25, 0.3) is 11.1 Å². The molecule has 0 spiro atoms. The molecule has 1 fully saturated rings. The van der Waals surface area contributed by atoms with Crippen molar-refractivity contribution in [1.82, 2.24) is 15.5 Å². The number of amides is 1. The van der Waals surface area contributed by atoms with Crippen molar-refractivity contribution >= 4 is 17.6 Å². The maximum absolute atomic E-state index is 12.8. The van der Waals surface area contributed by atoms with E-state index in [9.17, 15) is 10.1 Å². The molecule has 3 N–H and O–H groups in total. The van der Waals surface area contributed by atoms with E-state index in [0.717, 1.165) is 48.4 Å². The number of nitriles is 1. The lowest BCUT2D eigenvalue weighted by Gasteiger charge is -2.17. The average molecular weight is 495 g/mol. The quantitative estimate of drug-likeness (QED) is 0.122. The second-order valence-corrected chi connectivity index (χ2v) is 9.17. The van der Waals surface area contributed by atoms with Gasteiger partial charge >= 0.3 is 0 Å². The lowest BCUT2D eigenvalue weighted by molar-refractivity contribution is -0.121. The molecule has 3 aromatic carbocycles. The first-order valence-corrected chi connectivity index (χ1v) is 12.9. The number of hydrogen-bond donors (Lipinski definition) is 3. The summed E-state index contributed by atoms with van der Waals surface area (Å²) >= 11 is 0. The van der Waals surface area contributed by atoms with Gasteiger partial charge in [0, 0.05) is 12.2 Å². The van der Waals surface area contributed by atoms with Gasteiger partial charge in [0.1, 0.15) is 0 Å². The topological polar surface area (TPSA) is 92.5 Å². The molecule has 4 rings (SSSR count). The highest BCUT2D eigenvalue weighted by Crippen LogP contribution is 2.23. The molecule has 1 aliphatic rings. The van der Waals surface area contributed by atoms with Crippen molar-refractivity contribution < 1.29 is 4.79 Å². The third-order valence-corrected chi connectivity index (χ3v) is 6.45. The first-order chi connectivity index (χ1) is 18.2. The number of nitrogens with one attached hydrogen (secondary N) is 3. The van der Waals surface area contributed by atoms with Crippen LogP contribution >= 0.6 is 0 Å². The maximum Gasteiger partial charge on any atom is 0.222 e. The Bertz CT molecular complexity index is 1180. The number of likely N-dealkylation sites (tertiary alicyclic amines) is 1. The Hall–Kier alpha value is -4.15. The van der Waals surface area contributed by atoms with Gasteiger partial charge in [0.2, 0.25) is 11.9 Å². The standard InChI is InChI=1S/C30H34N6O/c31-23-33-30(34-27-16-14-25(15-17-27)24-10-3-1-4-11-24)35-28(26-12-5-2-6-13-26)22-29(37)32-18-9-21-36-19-7-8-20-36/h1-6,10-17,28H,7-9,18-22H2,(H,32,37)(H2,33,34,35)/t28-/m0/s1. The van der Waals surface area contributed by atoms with Crippen molar-refractivity contribution in [2.45, 2.75) is 31.7 Å². The molecule has 7 nitrogen and oxygen atoms in total. The summed E-state index contributed by atoms with van der Waals surface area (Å²) in [5, 5.41) is 18.2. The van der Waals surface area contributed by atoms with Crippen LogP contribution in [0.4, 0.5) is 5.69 Å². The minimum atomic E-state index is -0.438. The molecule has 1 saturated heterocycles. The number of anilines is 1. The molecule has 0 saturated carbocycles. The molecular formula is C30H34N6O. The fraction of sp³-hybridized carbons (Fsp3) is 0.300. The van der Waals surface area contributed by atoms with Crippen LogP contribution in [0.1, 0.15) is 37.3 Å². The predicted molar refractivity (Wildman–Crippen MR) is 149 cm³/mol. The summed E-state index contributed by atoms with van der Waals surface area (Å²) in [6, 6.07) is 27.3. The van der Waals surface area contributed by atoms with Crippen LogP contribution in [0, 0.1) is 11.5 Å². The Morgan fingerprint density at radius 2 is 1.57 bits per heavy atom. The summed E-state index contributed by atoms with van der Waals surface area (Å²) in [6.07, 6.45) is 5.63. The van der Waals surface area contributed by atoms with Crippen LogP contribution in [-0.4, -0.2) is 42.9 Å². The second-order valence-electron chi connectivity index (χ2n) is 9.17. The lowest BCUT2D eigenvalue weighted by Crippen LogP contribution is -2.31. The van der Waals surface area contributed by atoms with Crippen molar-refractivity contribution in [2.24, 2.45) is 4.99 Å². The molecule has 37 heavy (non-hydrogen) atoms. The lowest BCUT2D eigenvalue weighted by atomic mass is 10.0. The second kappa shape index (κ2) is 13.8. The number of carbonyl (C=O) groups is 1. The minimum Gasteiger partial charge on any atom is -0.356 e. The van der Waals surface area contributed by atoms with E-state index >= 15 is 0 Å². The Balaban J connectivity index is 1.42. The van der Waals surface area contributed by atoms with Crippen molar-refractivity contribution in [3.8, 4) is 17.3 Å². The van der Waals surface area contributed by atoms with Crippen LogP contribution in [-0.2, 0) is 4.79 Å². The van der Waals surface area contributed by atoms with Crippen LogP contribution < -0.4 is 16.0 Å². The van der Waals surface area contributed by atoms with E-state index in [4.69, 9.17) is 4.99 Å². The van der Waals surface area contributed by atoms with Gasteiger partial charge in [-0.05, 0) is 67.7 Å². The summed E-state index contributed by atoms with van der Waals surface area (Å²) in [7, 11) is 0. The van der Waals surface area contributed by atoms with Crippen molar-refractivity contribution in [2.75, 3.05) is 31.5 Å². The van der Waals surface area contributed by atoms with E-state index in [1.54, 1.807) is 0 Å². The first kappa shape index (κ1) is 25.9. The zero-order valence-corrected chi connectivity index (χ0v) is 21.1. The van der Waals surface area contributed by atoms with Gasteiger partial charge in [-0.2, -0.15) is 5.26 Å². The molecule has 3 aromatic rings. The van der Waals surface area contributed by atoms with Gasteiger partial charge in [-0.25, -0.2) is 4.99 Å². The highest BCUT2D eigenvalue weighted by atomic mass is 16.1. The average Bonchev–Trinajstić information content (AvgIpc) is 3.46. The number of rotatable bonds is 10. The van der Waals surface area contributed by atoms with Gasteiger partial charge in [-0.1, -0.05) is 72.8 Å². The molecule has 7 heteroatoms. The van der Waals surface area contributed by atoms with Crippen LogP contribution in [0.15, 0.2) is 89.9 Å². The molecule has 0 aromatic heterocycles. The van der Waals surface area contributed by atoms with Crippen LogP contribution in [0.2, 0.25) is 0 Å². The smallest absolute Gasteiger partial charge is 0.222 e. The summed E-state index contributed by atoms with van der Waals surface area (Å²) in [4.78, 5) is 20.0. The SMILES string of the molecule is N#CNC(=N[C@@H](CC(=O)NCCCN1CCCC1)c1ccccc1)Nc1ccc(-c2ccccc2)cc1. The molecule has 1 aliphatic heterocycles. The largest absolute Gasteiger partial charge is 0.356 e. The fourth-order valence-electron chi connectivity index (χ4n) is 4.52. The zero-order chi connectivity index (χ0) is 25.7. The van der Waals surface area contributed by atoms with Crippen molar-refractivity contribution in [1.29, 1.82) is 5.26 Å². The van der Waals surface area contributed by atoms with Gasteiger partial charge < -0.3 is 15.5 Å². The molecule has 1 heterocycles.